The lowest BCUT2D eigenvalue weighted by Crippen LogP contribution is -2.60. The molecular formula is C22H36O2. The summed E-state index contributed by atoms with van der Waals surface area (Å²) in [5.74, 6) is 5.80. The molecule has 4 bridgehead atoms. The van der Waals surface area contributed by atoms with Crippen molar-refractivity contribution in [3.63, 3.8) is 0 Å². The van der Waals surface area contributed by atoms with Crippen LogP contribution in [-0.2, 0) is 0 Å². The van der Waals surface area contributed by atoms with E-state index in [9.17, 15) is 10.2 Å². The topological polar surface area (TPSA) is 40.5 Å². The average Bonchev–Trinajstić information content (AvgIpc) is 2.57. The molecule has 6 fully saturated rings. The minimum absolute atomic E-state index is 0.0247. The van der Waals surface area contributed by atoms with Gasteiger partial charge in [-0.3, -0.25) is 0 Å². The lowest BCUT2D eigenvalue weighted by molar-refractivity contribution is -0.191. The SMILES string of the molecule is OC1CCC(C2(C3CCC(O)CC3)C3CC4CC(C3)CC2C4)CC1. The van der Waals surface area contributed by atoms with Crippen LogP contribution in [-0.4, -0.2) is 22.4 Å². The number of hydrogen-bond donors (Lipinski definition) is 2. The van der Waals surface area contributed by atoms with Crippen molar-refractivity contribution in [3.8, 4) is 0 Å². The highest BCUT2D eigenvalue weighted by Crippen LogP contribution is 2.70. The van der Waals surface area contributed by atoms with E-state index in [-0.39, 0.29) is 12.2 Å². The molecule has 6 aliphatic carbocycles. The number of hydrogen-bond acceptors (Lipinski definition) is 2. The Morgan fingerprint density at radius 2 is 0.833 bits per heavy atom. The van der Waals surface area contributed by atoms with Gasteiger partial charge >= 0.3 is 0 Å². The molecule has 0 atom stereocenters. The van der Waals surface area contributed by atoms with Crippen molar-refractivity contribution in [3.05, 3.63) is 0 Å². The van der Waals surface area contributed by atoms with Crippen LogP contribution in [0.3, 0.4) is 0 Å². The Morgan fingerprint density at radius 1 is 0.458 bits per heavy atom. The molecule has 6 rings (SSSR count). The molecule has 6 aliphatic rings. The van der Waals surface area contributed by atoms with E-state index in [0.29, 0.717) is 5.41 Å². The van der Waals surface area contributed by atoms with Gasteiger partial charge in [0, 0.05) is 0 Å². The lowest BCUT2D eigenvalue weighted by atomic mass is 9.37. The highest BCUT2D eigenvalue weighted by atomic mass is 16.3. The Balaban J connectivity index is 1.49. The van der Waals surface area contributed by atoms with Gasteiger partial charge in [0.2, 0.25) is 0 Å². The molecule has 136 valence electrons. The van der Waals surface area contributed by atoms with Crippen molar-refractivity contribution in [2.45, 2.75) is 95.7 Å². The second kappa shape index (κ2) is 5.98. The van der Waals surface area contributed by atoms with E-state index < -0.39 is 0 Å². The molecule has 0 aromatic heterocycles. The van der Waals surface area contributed by atoms with Gasteiger partial charge in [-0.2, -0.15) is 0 Å². The number of aliphatic hydroxyl groups is 2. The lowest BCUT2D eigenvalue weighted by Gasteiger charge is -2.68. The molecule has 24 heavy (non-hydrogen) atoms. The van der Waals surface area contributed by atoms with Crippen molar-refractivity contribution in [1.82, 2.24) is 0 Å². The zero-order valence-electron chi connectivity index (χ0n) is 15.2. The average molecular weight is 333 g/mol. The normalized spacial score (nSPS) is 57.2. The fourth-order valence-corrected chi connectivity index (χ4v) is 8.82. The predicted octanol–water partition coefficient (Wildman–Crippen LogP) is 4.53. The molecule has 0 radical (unpaired) electrons. The first-order valence-electron chi connectivity index (χ1n) is 11.0. The Labute approximate surface area is 147 Å². The van der Waals surface area contributed by atoms with E-state index >= 15 is 0 Å². The molecule has 0 aliphatic heterocycles. The molecule has 0 aromatic rings. The summed E-state index contributed by atoms with van der Waals surface area (Å²) < 4.78 is 0. The van der Waals surface area contributed by atoms with Crippen LogP contribution in [0.15, 0.2) is 0 Å². The van der Waals surface area contributed by atoms with Gasteiger partial charge in [-0.05, 0) is 124 Å². The van der Waals surface area contributed by atoms with Gasteiger partial charge in [0.25, 0.3) is 0 Å². The van der Waals surface area contributed by atoms with Gasteiger partial charge < -0.3 is 10.2 Å². The third-order valence-corrected chi connectivity index (χ3v) is 9.36. The van der Waals surface area contributed by atoms with Crippen molar-refractivity contribution in [2.75, 3.05) is 0 Å². The molecule has 2 nitrogen and oxygen atoms in total. The smallest absolute Gasteiger partial charge is 0.0540 e. The standard InChI is InChI=1S/C22H36O2/c23-20-5-1-16(2-6-20)22(17-3-7-21(24)8-4-17)18-10-14-9-15(12-18)13-19(22)11-14/h14-21,23-24H,1-13H2. The van der Waals surface area contributed by atoms with Crippen LogP contribution < -0.4 is 0 Å². The van der Waals surface area contributed by atoms with E-state index in [4.69, 9.17) is 0 Å². The molecule has 6 saturated carbocycles. The van der Waals surface area contributed by atoms with Gasteiger partial charge in [0.05, 0.1) is 12.2 Å². The number of aliphatic hydroxyl groups excluding tert-OH is 2. The van der Waals surface area contributed by atoms with Crippen LogP contribution >= 0.6 is 0 Å². The van der Waals surface area contributed by atoms with Crippen LogP contribution in [0.25, 0.3) is 0 Å². The van der Waals surface area contributed by atoms with Crippen LogP contribution in [0.1, 0.15) is 83.5 Å². The second-order valence-electron chi connectivity index (χ2n) is 10.3. The molecule has 0 unspecified atom stereocenters. The molecule has 0 heterocycles. The second-order valence-corrected chi connectivity index (χ2v) is 10.3. The predicted molar refractivity (Wildman–Crippen MR) is 95.4 cm³/mol. The van der Waals surface area contributed by atoms with Gasteiger partial charge in [-0.1, -0.05) is 0 Å². The fourth-order valence-electron chi connectivity index (χ4n) is 8.82. The maximum atomic E-state index is 10.1. The quantitative estimate of drug-likeness (QED) is 0.780. The summed E-state index contributed by atoms with van der Waals surface area (Å²) in [4.78, 5) is 0. The van der Waals surface area contributed by atoms with Gasteiger partial charge in [-0.15, -0.1) is 0 Å². The number of rotatable bonds is 2. The molecule has 2 heteroatoms. The summed E-state index contributed by atoms with van der Waals surface area (Å²) >= 11 is 0. The highest BCUT2D eigenvalue weighted by Gasteiger charge is 2.62. The third kappa shape index (κ3) is 2.35. The molecule has 0 amide bonds. The van der Waals surface area contributed by atoms with Crippen molar-refractivity contribution in [1.29, 1.82) is 0 Å². The highest BCUT2D eigenvalue weighted by molar-refractivity contribution is 5.11. The first kappa shape index (κ1) is 16.1. The minimum Gasteiger partial charge on any atom is -0.393 e. The first-order chi connectivity index (χ1) is 11.7. The van der Waals surface area contributed by atoms with E-state index in [1.807, 2.05) is 0 Å². The Hall–Kier alpha value is -0.0800. The van der Waals surface area contributed by atoms with Crippen molar-refractivity contribution < 1.29 is 10.2 Å². The molecule has 2 N–H and O–H groups in total. The zero-order valence-corrected chi connectivity index (χ0v) is 15.2. The molecule has 0 saturated heterocycles. The maximum absolute atomic E-state index is 10.1. The maximum Gasteiger partial charge on any atom is 0.0540 e. The molecular weight excluding hydrogens is 296 g/mol. The van der Waals surface area contributed by atoms with Gasteiger partial charge in [0.1, 0.15) is 0 Å². The van der Waals surface area contributed by atoms with E-state index in [2.05, 4.69) is 0 Å². The van der Waals surface area contributed by atoms with Crippen LogP contribution in [0, 0.1) is 40.9 Å². The van der Waals surface area contributed by atoms with Gasteiger partial charge in [0.15, 0.2) is 0 Å². The Kier molecular flexibility index (Phi) is 4.02. The largest absolute Gasteiger partial charge is 0.393 e. The summed E-state index contributed by atoms with van der Waals surface area (Å²) in [5, 5.41) is 20.1. The Morgan fingerprint density at radius 3 is 1.21 bits per heavy atom. The van der Waals surface area contributed by atoms with E-state index in [1.54, 1.807) is 0 Å². The van der Waals surface area contributed by atoms with E-state index in [1.165, 1.54) is 57.8 Å². The van der Waals surface area contributed by atoms with Gasteiger partial charge in [-0.25, -0.2) is 0 Å². The van der Waals surface area contributed by atoms with Crippen LogP contribution in [0.5, 0.6) is 0 Å². The summed E-state index contributed by atoms with van der Waals surface area (Å²) in [6, 6.07) is 0. The molecule has 0 spiro atoms. The molecule has 0 aromatic carbocycles. The summed E-state index contributed by atoms with van der Waals surface area (Å²) in [7, 11) is 0. The summed E-state index contributed by atoms with van der Waals surface area (Å²) in [6.45, 7) is 0. The van der Waals surface area contributed by atoms with Crippen LogP contribution in [0.2, 0.25) is 0 Å². The zero-order chi connectivity index (χ0) is 16.3. The first-order valence-corrected chi connectivity index (χ1v) is 11.0. The van der Waals surface area contributed by atoms with Crippen molar-refractivity contribution >= 4 is 0 Å². The summed E-state index contributed by atoms with van der Waals surface area (Å²) in [5.41, 5.74) is 0.591. The Bertz CT molecular complexity index is 405. The minimum atomic E-state index is -0.0247. The summed E-state index contributed by atoms with van der Waals surface area (Å²) in [6.07, 6.45) is 16.9. The fraction of sp³-hybridized carbons (Fsp3) is 1.00. The van der Waals surface area contributed by atoms with Crippen LogP contribution in [0.4, 0.5) is 0 Å². The van der Waals surface area contributed by atoms with E-state index in [0.717, 1.165) is 61.2 Å². The third-order valence-electron chi connectivity index (χ3n) is 9.36. The van der Waals surface area contributed by atoms with Crippen molar-refractivity contribution in [2.24, 2.45) is 40.9 Å². The monoisotopic (exact) mass is 332 g/mol.